The van der Waals surface area contributed by atoms with Gasteiger partial charge >= 0.3 is 0 Å². The number of amides is 2. The maximum absolute atomic E-state index is 12.6. The van der Waals surface area contributed by atoms with Crippen LogP contribution in [0.3, 0.4) is 0 Å². The predicted molar refractivity (Wildman–Crippen MR) is 109 cm³/mol. The van der Waals surface area contributed by atoms with Crippen LogP contribution in [0.5, 0.6) is 11.5 Å². The second-order valence-electron chi connectivity index (χ2n) is 7.18. The monoisotopic (exact) mass is 405 g/mol. The van der Waals surface area contributed by atoms with Gasteiger partial charge < -0.3 is 24.4 Å². The lowest BCUT2D eigenvalue weighted by Gasteiger charge is -2.35. The van der Waals surface area contributed by atoms with E-state index < -0.39 is 0 Å². The molecule has 2 aliphatic heterocycles. The normalized spacial score (nSPS) is 19.8. The first-order valence-corrected chi connectivity index (χ1v) is 10.4. The van der Waals surface area contributed by atoms with Crippen LogP contribution < -0.4 is 14.8 Å². The van der Waals surface area contributed by atoms with Crippen molar-refractivity contribution in [2.45, 2.75) is 32.8 Å². The Kier molecular flexibility index (Phi) is 7.71. The van der Waals surface area contributed by atoms with Gasteiger partial charge in [0.2, 0.25) is 5.91 Å². The van der Waals surface area contributed by atoms with Crippen molar-refractivity contribution < 1.29 is 23.8 Å². The van der Waals surface area contributed by atoms with Gasteiger partial charge in [-0.05, 0) is 38.8 Å². The van der Waals surface area contributed by atoms with Crippen LogP contribution in [-0.4, -0.2) is 80.3 Å². The molecular formula is C21H31N3O5. The Labute approximate surface area is 172 Å². The molecule has 160 valence electrons. The molecule has 0 aliphatic carbocycles. The molecular weight excluding hydrogens is 374 g/mol. The van der Waals surface area contributed by atoms with Crippen molar-refractivity contribution in [1.29, 1.82) is 0 Å². The summed E-state index contributed by atoms with van der Waals surface area (Å²) >= 11 is 0. The molecule has 2 aliphatic rings. The second kappa shape index (κ2) is 10.5. The molecule has 0 bridgehead atoms. The minimum atomic E-state index is -0.278. The molecule has 2 amide bonds. The molecule has 2 fully saturated rings. The molecule has 8 heteroatoms. The first kappa shape index (κ1) is 21.4. The van der Waals surface area contributed by atoms with Crippen LogP contribution in [0, 0.1) is 0 Å². The second-order valence-corrected chi connectivity index (χ2v) is 7.18. The predicted octanol–water partition coefficient (Wildman–Crippen LogP) is 1.75. The third kappa shape index (κ3) is 5.83. The van der Waals surface area contributed by atoms with Crippen LogP contribution in [0.15, 0.2) is 18.2 Å². The minimum Gasteiger partial charge on any atom is -0.494 e. The molecule has 1 aromatic rings. The van der Waals surface area contributed by atoms with Gasteiger partial charge in [0.05, 0.1) is 25.4 Å². The van der Waals surface area contributed by atoms with Crippen LogP contribution in [0.25, 0.3) is 0 Å². The number of rotatable bonds is 8. The van der Waals surface area contributed by atoms with Crippen molar-refractivity contribution >= 4 is 17.5 Å². The van der Waals surface area contributed by atoms with Crippen molar-refractivity contribution in [3.05, 3.63) is 18.2 Å². The van der Waals surface area contributed by atoms with E-state index in [1.165, 1.54) is 0 Å². The van der Waals surface area contributed by atoms with Gasteiger partial charge in [-0.3, -0.25) is 14.5 Å². The molecule has 2 saturated heterocycles. The van der Waals surface area contributed by atoms with E-state index in [1.54, 1.807) is 12.1 Å². The quantitative estimate of drug-likeness (QED) is 0.710. The summed E-state index contributed by atoms with van der Waals surface area (Å²) in [5.74, 6) is 1.28. The van der Waals surface area contributed by atoms with Crippen LogP contribution >= 0.6 is 0 Å². The number of hydrogen-bond acceptors (Lipinski definition) is 6. The standard InChI is InChI=1S/C21H31N3O5/c1-3-27-16-7-8-18(28-4-2)17(14-16)22-20(25)15-23-9-11-24(12-10-23)21(26)19-6-5-13-29-19/h7-8,14,19H,3-6,9-13,15H2,1-2H3,(H,22,25). The lowest BCUT2D eigenvalue weighted by molar-refractivity contribution is -0.142. The molecule has 3 rings (SSSR count). The Bertz CT molecular complexity index is 698. The number of carbonyl (C=O) groups is 2. The Morgan fingerprint density at radius 3 is 2.55 bits per heavy atom. The summed E-state index contributed by atoms with van der Waals surface area (Å²) in [5, 5.41) is 2.93. The van der Waals surface area contributed by atoms with Gasteiger partial charge in [-0.25, -0.2) is 0 Å². The highest BCUT2D eigenvalue weighted by Crippen LogP contribution is 2.29. The summed E-state index contributed by atoms with van der Waals surface area (Å²) < 4.78 is 16.6. The van der Waals surface area contributed by atoms with Gasteiger partial charge in [0.15, 0.2) is 0 Å². The van der Waals surface area contributed by atoms with E-state index in [4.69, 9.17) is 14.2 Å². The summed E-state index contributed by atoms with van der Waals surface area (Å²) in [7, 11) is 0. The van der Waals surface area contributed by atoms with Gasteiger partial charge in [-0.2, -0.15) is 0 Å². The number of nitrogens with one attached hydrogen (secondary N) is 1. The van der Waals surface area contributed by atoms with Gasteiger partial charge in [0, 0.05) is 38.9 Å². The molecule has 1 unspecified atom stereocenters. The highest BCUT2D eigenvalue weighted by molar-refractivity contribution is 5.94. The molecule has 8 nitrogen and oxygen atoms in total. The van der Waals surface area contributed by atoms with E-state index in [0.717, 1.165) is 12.8 Å². The zero-order valence-electron chi connectivity index (χ0n) is 17.3. The van der Waals surface area contributed by atoms with Crippen molar-refractivity contribution in [2.24, 2.45) is 0 Å². The average Bonchev–Trinajstić information content (AvgIpc) is 3.25. The van der Waals surface area contributed by atoms with Crippen LogP contribution in [0.4, 0.5) is 5.69 Å². The largest absolute Gasteiger partial charge is 0.494 e. The summed E-state index contributed by atoms with van der Waals surface area (Å²) in [6.07, 6.45) is 1.48. The van der Waals surface area contributed by atoms with E-state index in [-0.39, 0.29) is 24.5 Å². The zero-order chi connectivity index (χ0) is 20.6. The lowest BCUT2D eigenvalue weighted by atomic mass is 10.2. The average molecular weight is 405 g/mol. The van der Waals surface area contributed by atoms with Crippen molar-refractivity contribution in [2.75, 3.05) is 57.9 Å². The molecule has 0 radical (unpaired) electrons. The van der Waals surface area contributed by atoms with Crippen LogP contribution in [-0.2, 0) is 14.3 Å². The Morgan fingerprint density at radius 2 is 1.90 bits per heavy atom. The smallest absolute Gasteiger partial charge is 0.251 e. The lowest BCUT2D eigenvalue weighted by Crippen LogP contribution is -2.52. The fraction of sp³-hybridized carbons (Fsp3) is 0.619. The molecule has 1 N–H and O–H groups in total. The van der Waals surface area contributed by atoms with Crippen molar-refractivity contribution in [3.63, 3.8) is 0 Å². The van der Waals surface area contributed by atoms with Crippen molar-refractivity contribution in [1.82, 2.24) is 9.80 Å². The van der Waals surface area contributed by atoms with Gasteiger partial charge in [-0.15, -0.1) is 0 Å². The number of benzene rings is 1. The van der Waals surface area contributed by atoms with E-state index >= 15 is 0 Å². The first-order valence-electron chi connectivity index (χ1n) is 10.4. The number of anilines is 1. The summed E-state index contributed by atoms with van der Waals surface area (Å²) in [4.78, 5) is 28.9. The zero-order valence-corrected chi connectivity index (χ0v) is 17.3. The van der Waals surface area contributed by atoms with E-state index in [0.29, 0.717) is 63.2 Å². The fourth-order valence-corrected chi connectivity index (χ4v) is 3.64. The molecule has 1 atom stereocenters. The summed E-state index contributed by atoms with van der Waals surface area (Å²) in [6, 6.07) is 5.42. The van der Waals surface area contributed by atoms with E-state index in [9.17, 15) is 9.59 Å². The van der Waals surface area contributed by atoms with Crippen LogP contribution in [0.1, 0.15) is 26.7 Å². The number of carbonyl (C=O) groups excluding carboxylic acids is 2. The SMILES string of the molecule is CCOc1ccc(OCC)c(NC(=O)CN2CCN(C(=O)C3CCCO3)CC2)c1. The molecule has 2 heterocycles. The molecule has 29 heavy (non-hydrogen) atoms. The molecule has 1 aromatic carbocycles. The van der Waals surface area contributed by atoms with Crippen molar-refractivity contribution in [3.8, 4) is 11.5 Å². The summed E-state index contributed by atoms with van der Waals surface area (Å²) in [5.41, 5.74) is 0.606. The minimum absolute atomic E-state index is 0.0840. The number of ether oxygens (including phenoxy) is 3. The Balaban J connectivity index is 1.51. The maximum Gasteiger partial charge on any atom is 0.251 e. The molecule has 0 aromatic heterocycles. The topological polar surface area (TPSA) is 80.3 Å². The Morgan fingerprint density at radius 1 is 1.14 bits per heavy atom. The van der Waals surface area contributed by atoms with Gasteiger partial charge in [0.25, 0.3) is 5.91 Å². The highest BCUT2D eigenvalue weighted by Gasteiger charge is 2.30. The first-order chi connectivity index (χ1) is 14.1. The third-order valence-corrected chi connectivity index (χ3v) is 5.09. The number of nitrogens with zero attached hydrogens (tertiary/aromatic N) is 2. The summed E-state index contributed by atoms with van der Waals surface area (Å²) in [6.45, 7) is 8.40. The third-order valence-electron chi connectivity index (χ3n) is 5.09. The fourth-order valence-electron chi connectivity index (χ4n) is 3.64. The maximum atomic E-state index is 12.6. The van der Waals surface area contributed by atoms with Crippen LogP contribution in [0.2, 0.25) is 0 Å². The highest BCUT2D eigenvalue weighted by atomic mass is 16.5. The van der Waals surface area contributed by atoms with Gasteiger partial charge in [0.1, 0.15) is 17.6 Å². The van der Waals surface area contributed by atoms with Gasteiger partial charge in [-0.1, -0.05) is 0 Å². The molecule has 0 spiro atoms. The van der Waals surface area contributed by atoms with E-state index in [1.807, 2.05) is 24.8 Å². The molecule has 0 saturated carbocycles. The Hall–Kier alpha value is -2.32. The number of piperazine rings is 1. The van der Waals surface area contributed by atoms with E-state index in [2.05, 4.69) is 10.2 Å². The number of hydrogen-bond donors (Lipinski definition) is 1.